The number of aromatic nitrogens is 4. The molecule has 0 radical (unpaired) electrons. The molecule has 2 heterocycles. The zero-order valence-corrected chi connectivity index (χ0v) is 14.3. The molecule has 0 saturated heterocycles. The van der Waals surface area contributed by atoms with Crippen molar-refractivity contribution in [2.75, 3.05) is 10.6 Å². The number of nitrogens with zero attached hydrogens (tertiary/aromatic N) is 4. The lowest BCUT2D eigenvalue weighted by Gasteiger charge is -2.32. The second kappa shape index (κ2) is 6.67. The first-order valence-electron chi connectivity index (χ1n) is 7.20. The number of rotatable bonds is 5. The van der Waals surface area contributed by atoms with Gasteiger partial charge in [0.1, 0.15) is 10.0 Å². The van der Waals surface area contributed by atoms with Crippen LogP contribution >= 0.6 is 22.7 Å². The summed E-state index contributed by atoms with van der Waals surface area (Å²) in [4.78, 5) is 22.0. The zero-order chi connectivity index (χ0) is 16.4. The number of hydrogen-bond donors (Lipinski definition) is 2. The third kappa shape index (κ3) is 4.08. The van der Waals surface area contributed by atoms with E-state index in [1.54, 1.807) is 0 Å². The van der Waals surface area contributed by atoms with Crippen molar-refractivity contribution in [2.45, 2.75) is 39.0 Å². The Labute approximate surface area is 140 Å². The van der Waals surface area contributed by atoms with Crippen molar-refractivity contribution >= 4 is 44.8 Å². The van der Waals surface area contributed by atoms with Crippen LogP contribution in [0.4, 0.5) is 10.3 Å². The molecule has 2 amide bonds. The van der Waals surface area contributed by atoms with Gasteiger partial charge in [-0.1, -0.05) is 22.7 Å². The van der Waals surface area contributed by atoms with Crippen LogP contribution in [-0.4, -0.2) is 32.2 Å². The Balaban J connectivity index is 1.49. The molecule has 8 nitrogen and oxygen atoms in total. The molecule has 2 aromatic rings. The summed E-state index contributed by atoms with van der Waals surface area (Å²) in [6.07, 6.45) is 2.93. The minimum atomic E-state index is -0.136. The van der Waals surface area contributed by atoms with Crippen LogP contribution in [0.15, 0.2) is 0 Å². The van der Waals surface area contributed by atoms with E-state index in [0.29, 0.717) is 22.1 Å². The largest absolute Gasteiger partial charge is 0.301 e. The van der Waals surface area contributed by atoms with Crippen LogP contribution in [0.1, 0.15) is 42.6 Å². The Hall–Kier alpha value is -1.94. The molecule has 10 heteroatoms. The summed E-state index contributed by atoms with van der Waals surface area (Å²) in [6.45, 7) is 2.91. The van der Waals surface area contributed by atoms with Gasteiger partial charge in [-0.3, -0.25) is 9.59 Å². The van der Waals surface area contributed by atoms with Gasteiger partial charge in [-0.05, 0) is 18.8 Å². The first-order chi connectivity index (χ1) is 11.0. The fourth-order valence-electron chi connectivity index (χ4n) is 2.49. The van der Waals surface area contributed by atoms with Gasteiger partial charge in [-0.25, -0.2) is 0 Å². The second-order valence-corrected chi connectivity index (χ2v) is 7.62. The molecule has 122 valence electrons. The van der Waals surface area contributed by atoms with Gasteiger partial charge in [0.2, 0.25) is 22.1 Å². The standard InChI is InChI=1S/C13H16N6O2S2/c1-6(20)14-12-18-16-10(22-12)5-8-3-9(4-8)11-17-19-13(23-11)15-7(2)21/h8-9H,3-5H2,1-2H3,(H,14,18,20)(H,15,19,21). The third-order valence-corrected chi connectivity index (χ3v) is 5.38. The number of carbonyl (C=O) groups excluding carboxylic acids is 2. The number of anilines is 2. The molecular weight excluding hydrogens is 336 g/mol. The SMILES string of the molecule is CC(=O)Nc1nnc(CC2CC(c3nnc(NC(C)=O)s3)C2)s1. The summed E-state index contributed by atoms with van der Waals surface area (Å²) in [7, 11) is 0. The Morgan fingerprint density at radius 3 is 2.26 bits per heavy atom. The Kier molecular flexibility index (Phi) is 4.62. The van der Waals surface area contributed by atoms with Gasteiger partial charge in [0.05, 0.1) is 0 Å². The monoisotopic (exact) mass is 352 g/mol. The van der Waals surface area contributed by atoms with Gasteiger partial charge >= 0.3 is 0 Å². The van der Waals surface area contributed by atoms with Gasteiger partial charge in [0.15, 0.2) is 0 Å². The molecule has 1 fully saturated rings. The molecule has 1 saturated carbocycles. The topological polar surface area (TPSA) is 110 Å². The first kappa shape index (κ1) is 15.9. The van der Waals surface area contributed by atoms with E-state index in [-0.39, 0.29) is 11.8 Å². The molecule has 3 rings (SSSR count). The normalized spacial score (nSPS) is 19.9. The van der Waals surface area contributed by atoms with Crippen molar-refractivity contribution in [3.8, 4) is 0 Å². The molecule has 0 unspecified atom stereocenters. The van der Waals surface area contributed by atoms with Gasteiger partial charge < -0.3 is 10.6 Å². The molecule has 2 N–H and O–H groups in total. The number of nitrogens with one attached hydrogen (secondary N) is 2. The van der Waals surface area contributed by atoms with Crippen molar-refractivity contribution in [1.82, 2.24) is 20.4 Å². The van der Waals surface area contributed by atoms with Crippen LogP contribution in [0.2, 0.25) is 0 Å². The van der Waals surface area contributed by atoms with E-state index in [4.69, 9.17) is 0 Å². The summed E-state index contributed by atoms with van der Waals surface area (Å²) in [6, 6.07) is 0. The Morgan fingerprint density at radius 1 is 1.00 bits per heavy atom. The molecular formula is C13H16N6O2S2. The third-order valence-electron chi connectivity index (χ3n) is 3.52. The second-order valence-electron chi connectivity index (χ2n) is 5.55. The van der Waals surface area contributed by atoms with Crippen LogP contribution in [0, 0.1) is 5.92 Å². The number of amides is 2. The summed E-state index contributed by atoms with van der Waals surface area (Å²) in [5, 5.41) is 24.5. The predicted molar refractivity (Wildman–Crippen MR) is 87.6 cm³/mol. The quantitative estimate of drug-likeness (QED) is 0.852. The maximum Gasteiger partial charge on any atom is 0.223 e. The van der Waals surface area contributed by atoms with Gasteiger partial charge in [-0.15, -0.1) is 20.4 Å². The van der Waals surface area contributed by atoms with Crippen LogP contribution in [0.25, 0.3) is 0 Å². The Bertz CT molecular complexity index is 722. The highest BCUT2D eigenvalue weighted by Crippen LogP contribution is 2.44. The van der Waals surface area contributed by atoms with Gasteiger partial charge in [-0.2, -0.15) is 0 Å². The summed E-state index contributed by atoms with van der Waals surface area (Å²) >= 11 is 2.86. The first-order valence-corrected chi connectivity index (χ1v) is 8.84. The highest BCUT2D eigenvalue weighted by Gasteiger charge is 2.33. The predicted octanol–water partition coefficient (Wildman–Crippen LogP) is 2.04. The fraction of sp³-hybridized carbons (Fsp3) is 0.538. The van der Waals surface area contributed by atoms with E-state index < -0.39 is 0 Å². The lowest BCUT2D eigenvalue weighted by molar-refractivity contribution is -0.115. The minimum Gasteiger partial charge on any atom is -0.301 e. The summed E-state index contributed by atoms with van der Waals surface area (Å²) < 4.78 is 0. The van der Waals surface area contributed by atoms with Gasteiger partial charge in [0, 0.05) is 26.2 Å². The van der Waals surface area contributed by atoms with Crippen molar-refractivity contribution in [1.29, 1.82) is 0 Å². The van der Waals surface area contributed by atoms with E-state index in [0.717, 1.165) is 29.3 Å². The fourth-order valence-corrected chi connectivity index (χ4v) is 4.30. The Morgan fingerprint density at radius 2 is 1.61 bits per heavy atom. The molecule has 0 bridgehead atoms. The highest BCUT2D eigenvalue weighted by atomic mass is 32.1. The molecule has 0 spiro atoms. The van der Waals surface area contributed by atoms with Crippen LogP contribution in [0.5, 0.6) is 0 Å². The summed E-state index contributed by atoms with van der Waals surface area (Å²) in [5.74, 6) is 0.682. The molecule has 2 aromatic heterocycles. The van der Waals surface area contributed by atoms with Crippen LogP contribution in [-0.2, 0) is 16.0 Å². The average Bonchev–Trinajstić information content (AvgIpc) is 3.01. The molecule has 1 aliphatic carbocycles. The number of carbonyl (C=O) groups is 2. The van der Waals surface area contributed by atoms with Crippen LogP contribution in [0.3, 0.4) is 0 Å². The maximum atomic E-state index is 11.0. The van der Waals surface area contributed by atoms with Gasteiger partial charge in [0.25, 0.3) is 0 Å². The van der Waals surface area contributed by atoms with E-state index in [1.807, 2.05) is 0 Å². The molecule has 0 aliphatic heterocycles. The summed E-state index contributed by atoms with van der Waals surface area (Å²) in [5.41, 5.74) is 0. The van der Waals surface area contributed by atoms with Crippen LogP contribution < -0.4 is 10.6 Å². The van der Waals surface area contributed by atoms with Crippen molar-refractivity contribution < 1.29 is 9.59 Å². The van der Waals surface area contributed by atoms with E-state index in [9.17, 15) is 9.59 Å². The molecule has 0 aromatic carbocycles. The molecule has 1 aliphatic rings. The minimum absolute atomic E-state index is 0.134. The lowest BCUT2D eigenvalue weighted by atomic mass is 9.74. The average molecular weight is 352 g/mol. The lowest BCUT2D eigenvalue weighted by Crippen LogP contribution is -2.23. The maximum absolute atomic E-state index is 11.0. The van der Waals surface area contributed by atoms with E-state index in [1.165, 1.54) is 36.5 Å². The smallest absolute Gasteiger partial charge is 0.223 e. The van der Waals surface area contributed by atoms with E-state index >= 15 is 0 Å². The van der Waals surface area contributed by atoms with Crippen molar-refractivity contribution in [2.24, 2.45) is 5.92 Å². The van der Waals surface area contributed by atoms with Crippen molar-refractivity contribution in [3.05, 3.63) is 10.0 Å². The zero-order valence-electron chi connectivity index (χ0n) is 12.7. The highest BCUT2D eigenvalue weighted by molar-refractivity contribution is 7.15. The number of hydrogen-bond acceptors (Lipinski definition) is 8. The molecule has 23 heavy (non-hydrogen) atoms. The van der Waals surface area contributed by atoms with Crippen molar-refractivity contribution in [3.63, 3.8) is 0 Å². The molecule has 0 atom stereocenters. The van der Waals surface area contributed by atoms with E-state index in [2.05, 4.69) is 31.0 Å².